The van der Waals surface area contributed by atoms with Crippen LogP contribution in [0.4, 0.5) is 10.1 Å². The standard InChI is InChI=1S/C14H13FN4O/c1-2-20-12-6-5-11-14(18-12)19-13(17-11)9-7-8(16)3-4-10(9)15/h3-7H,2,16H2,1H3,(H,17,18,19). The summed E-state index contributed by atoms with van der Waals surface area (Å²) in [6.45, 7) is 2.41. The molecule has 1 aromatic carbocycles. The molecule has 0 fully saturated rings. The Morgan fingerprint density at radius 3 is 2.90 bits per heavy atom. The zero-order valence-corrected chi connectivity index (χ0v) is 10.9. The Hall–Kier alpha value is -2.63. The van der Waals surface area contributed by atoms with Crippen LogP contribution in [0.2, 0.25) is 0 Å². The molecule has 0 aliphatic heterocycles. The summed E-state index contributed by atoms with van der Waals surface area (Å²) in [5, 5.41) is 0. The summed E-state index contributed by atoms with van der Waals surface area (Å²) in [6, 6.07) is 7.90. The number of nitrogens with two attached hydrogens (primary N) is 1. The van der Waals surface area contributed by atoms with Gasteiger partial charge in [0.1, 0.15) is 11.6 Å². The molecule has 0 radical (unpaired) electrons. The van der Waals surface area contributed by atoms with E-state index in [1.54, 1.807) is 12.1 Å². The first-order valence-corrected chi connectivity index (χ1v) is 6.22. The molecule has 5 nitrogen and oxygen atoms in total. The molecule has 2 heterocycles. The largest absolute Gasteiger partial charge is 0.478 e. The molecule has 0 saturated heterocycles. The summed E-state index contributed by atoms with van der Waals surface area (Å²) in [5.74, 6) is 0.500. The first-order chi connectivity index (χ1) is 9.67. The van der Waals surface area contributed by atoms with Crippen LogP contribution in [0.1, 0.15) is 6.92 Å². The number of halogens is 1. The van der Waals surface area contributed by atoms with Gasteiger partial charge in [-0.2, -0.15) is 4.98 Å². The molecule has 0 aliphatic carbocycles. The van der Waals surface area contributed by atoms with Crippen LogP contribution in [-0.4, -0.2) is 21.6 Å². The van der Waals surface area contributed by atoms with E-state index >= 15 is 0 Å². The lowest BCUT2D eigenvalue weighted by Crippen LogP contribution is -1.93. The molecule has 0 spiro atoms. The number of aromatic amines is 1. The lowest BCUT2D eigenvalue weighted by molar-refractivity contribution is 0.328. The van der Waals surface area contributed by atoms with E-state index in [1.807, 2.05) is 6.92 Å². The van der Waals surface area contributed by atoms with E-state index in [1.165, 1.54) is 18.2 Å². The maximum Gasteiger partial charge on any atom is 0.215 e. The quantitative estimate of drug-likeness (QED) is 0.719. The SMILES string of the molecule is CCOc1ccc2[nH]c(-c3cc(N)ccc3F)nc2n1. The van der Waals surface area contributed by atoms with Crippen LogP contribution in [0.25, 0.3) is 22.6 Å². The first kappa shape index (κ1) is 12.4. The Labute approximate surface area is 114 Å². The maximum atomic E-state index is 13.8. The summed E-state index contributed by atoms with van der Waals surface area (Å²) < 4.78 is 19.1. The minimum absolute atomic E-state index is 0.320. The predicted octanol–water partition coefficient (Wildman–Crippen LogP) is 2.74. The normalized spacial score (nSPS) is 10.9. The molecule has 102 valence electrons. The van der Waals surface area contributed by atoms with Crippen LogP contribution in [0.5, 0.6) is 5.88 Å². The van der Waals surface area contributed by atoms with E-state index in [0.29, 0.717) is 40.7 Å². The van der Waals surface area contributed by atoms with E-state index in [-0.39, 0.29) is 5.82 Å². The number of imidazole rings is 1. The number of pyridine rings is 1. The van der Waals surface area contributed by atoms with Crippen molar-refractivity contribution in [3.8, 4) is 17.3 Å². The minimum atomic E-state index is -0.386. The lowest BCUT2D eigenvalue weighted by Gasteiger charge is -2.00. The van der Waals surface area contributed by atoms with Crippen molar-refractivity contribution in [1.82, 2.24) is 15.0 Å². The number of nitrogen functional groups attached to an aromatic ring is 1. The van der Waals surface area contributed by atoms with Crippen LogP contribution in [-0.2, 0) is 0 Å². The van der Waals surface area contributed by atoms with Gasteiger partial charge in [-0.3, -0.25) is 0 Å². The molecular weight excluding hydrogens is 259 g/mol. The molecule has 3 rings (SSSR count). The molecular formula is C14H13FN4O. The van der Waals surface area contributed by atoms with E-state index in [0.717, 1.165) is 0 Å². The average molecular weight is 272 g/mol. The topological polar surface area (TPSA) is 76.8 Å². The molecule has 0 bridgehead atoms. The number of H-pyrrole nitrogens is 1. The monoisotopic (exact) mass is 272 g/mol. The Morgan fingerprint density at radius 2 is 2.10 bits per heavy atom. The van der Waals surface area contributed by atoms with E-state index in [9.17, 15) is 4.39 Å². The summed E-state index contributed by atoms with van der Waals surface area (Å²) >= 11 is 0. The van der Waals surface area contributed by atoms with Crippen LogP contribution < -0.4 is 10.5 Å². The van der Waals surface area contributed by atoms with Crippen molar-refractivity contribution < 1.29 is 9.13 Å². The number of aromatic nitrogens is 3. The highest BCUT2D eigenvalue weighted by Gasteiger charge is 2.11. The molecule has 3 aromatic rings. The van der Waals surface area contributed by atoms with Gasteiger partial charge in [0.05, 0.1) is 17.7 Å². The molecule has 0 atom stereocenters. The highest BCUT2D eigenvalue weighted by atomic mass is 19.1. The van der Waals surface area contributed by atoms with Crippen molar-refractivity contribution in [3.05, 3.63) is 36.1 Å². The van der Waals surface area contributed by atoms with Gasteiger partial charge in [-0.1, -0.05) is 0 Å². The number of rotatable bonds is 3. The number of hydrogen-bond donors (Lipinski definition) is 2. The number of benzene rings is 1. The van der Waals surface area contributed by atoms with Gasteiger partial charge in [-0.15, -0.1) is 0 Å². The molecule has 6 heteroatoms. The highest BCUT2D eigenvalue weighted by molar-refractivity contribution is 5.77. The molecule has 20 heavy (non-hydrogen) atoms. The number of anilines is 1. The van der Waals surface area contributed by atoms with Crippen LogP contribution in [0.3, 0.4) is 0 Å². The third kappa shape index (κ3) is 2.16. The smallest absolute Gasteiger partial charge is 0.215 e. The van der Waals surface area contributed by atoms with Gasteiger partial charge in [0.2, 0.25) is 5.88 Å². The predicted molar refractivity (Wildman–Crippen MR) is 74.9 cm³/mol. The molecule has 2 aromatic heterocycles. The number of hydrogen-bond acceptors (Lipinski definition) is 4. The van der Waals surface area contributed by atoms with Gasteiger partial charge in [0, 0.05) is 11.8 Å². The second-order valence-corrected chi connectivity index (χ2v) is 4.28. The van der Waals surface area contributed by atoms with Gasteiger partial charge in [0.15, 0.2) is 5.65 Å². The second-order valence-electron chi connectivity index (χ2n) is 4.28. The van der Waals surface area contributed by atoms with Gasteiger partial charge < -0.3 is 15.5 Å². The summed E-state index contributed by atoms with van der Waals surface area (Å²) in [6.07, 6.45) is 0. The summed E-state index contributed by atoms with van der Waals surface area (Å²) in [5.41, 5.74) is 7.67. The van der Waals surface area contributed by atoms with Crippen molar-refractivity contribution >= 4 is 16.9 Å². The Kier molecular flexibility index (Phi) is 2.98. The van der Waals surface area contributed by atoms with Crippen molar-refractivity contribution in [2.75, 3.05) is 12.3 Å². The molecule has 0 unspecified atom stereocenters. The van der Waals surface area contributed by atoms with Gasteiger partial charge in [-0.25, -0.2) is 9.37 Å². The fraction of sp³-hybridized carbons (Fsp3) is 0.143. The second kappa shape index (κ2) is 4.80. The molecule has 0 amide bonds. The number of fused-ring (bicyclic) bond motifs is 1. The Bertz CT molecular complexity index is 769. The van der Waals surface area contributed by atoms with E-state index in [4.69, 9.17) is 10.5 Å². The number of ether oxygens (including phenoxy) is 1. The highest BCUT2D eigenvalue weighted by Crippen LogP contribution is 2.25. The molecule has 3 N–H and O–H groups in total. The number of nitrogens with zero attached hydrogens (tertiary/aromatic N) is 2. The van der Waals surface area contributed by atoms with Gasteiger partial charge in [-0.05, 0) is 31.2 Å². The first-order valence-electron chi connectivity index (χ1n) is 6.22. The van der Waals surface area contributed by atoms with Crippen LogP contribution in [0.15, 0.2) is 30.3 Å². The third-order valence-electron chi connectivity index (χ3n) is 2.86. The Morgan fingerprint density at radius 1 is 1.25 bits per heavy atom. The Balaban J connectivity index is 2.10. The molecule has 0 aliphatic rings. The van der Waals surface area contributed by atoms with Crippen LogP contribution >= 0.6 is 0 Å². The van der Waals surface area contributed by atoms with Gasteiger partial charge in [0.25, 0.3) is 0 Å². The zero-order chi connectivity index (χ0) is 14.1. The summed E-state index contributed by atoms with van der Waals surface area (Å²) in [7, 11) is 0. The zero-order valence-electron chi connectivity index (χ0n) is 10.9. The van der Waals surface area contributed by atoms with E-state index < -0.39 is 0 Å². The van der Waals surface area contributed by atoms with Crippen molar-refractivity contribution in [2.45, 2.75) is 6.92 Å². The van der Waals surface area contributed by atoms with Crippen molar-refractivity contribution in [1.29, 1.82) is 0 Å². The fourth-order valence-electron chi connectivity index (χ4n) is 1.96. The van der Waals surface area contributed by atoms with Crippen molar-refractivity contribution in [2.24, 2.45) is 0 Å². The molecule has 0 saturated carbocycles. The van der Waals surface area contributed by atoms with E-state index in [2.05, 4.69) is 15.0 Å². The third-order valence-corrected chi connectivity index (χ3v) is 2.86. The lowest BCUT2D eigenvalue weighted by atomic mass is 10.2. The summed E-state index contributed by atoms with van der Waals surface area (Å²) in [4.78, 5) is 11.6. The number of nitrogens with one attached hydrogen (secondary N) is 1. The van der Waals surface area contributed by atoms with Crippen LogP contribution in [0, 0.1) is 5.82 Å². The minimum Gasteiger partial charge on any atom is -0.478 e. The average Bonchev–Trinajstić information content (AvgIpc) is 2.85. The fourth-order valence-corrected chi connectivity index (χ4v) is 1.96. The maximum absolute atomic E-state index is 13.8. The van der Waals surface area contributed by atoms with Gasteiger partial charge >= 0.3 is 0 Å². The van der Waals surface area contributed by atoms with Crippen molar-refractivity contribution in [3.63, 3.8) is 0 Å².